The van der Waals surface area contributed by atoms with Gasteiger partial charge in [-0.2, -0.15) is 0 Å². The van der Waals surface area contributed by atoms with Crippen LogP contribution in [0.4, 0.5) is 5.69 Å². The molecule has 0 aliphatic heterocycles. The predicted molar refractivity (Wildman–Crippen MR) is 117 cm³/mol. The summed E-state index contributed by atoms with van der Waals surface area (Å²) in [4.78, 5) is 24.7. The van der Waals surface area contributed by atoms with E-state index in [1.54, 1.807) is 39.8 Å². The molecule has 0 bridgehead atoms. The van der Waals surface area contributed by atoms with Crippen LogP contribution in [0.5, 0.6) is 0 Å². The minimum absolute atomic E-state index is 0.241. The monoisotopic (exact) mass is 414 g/mol. The van der Waals surface area contributed by atoms with Gasteiger partial charge in [0.15, 0.2) is 5.11 Å². The van der Waals surface area contributed by atoms with Crippen molar-refractivity contribution in [2.75, 3.05) is 5.32 Å². The molecule has 0 radical (unpaired) electrons. The fourth-order valence-electron chi connectivity index (χ4n) is 2.45. The predicted octanol–water partition coefficient (Wildman–Crippen LogP) is 4.30. The standard InChI is InChI=1S/C22H26N2O4S/c1-14(2)27-20(25)17-10-18(21(26)28-15(3)4)12-19(11-17)24-22(29)23-13-16-8-6-5-7-9-16/h5-12,14-15H,13H2,1-4H3,(H2,23,24,29). The first-order valence-corrected chi connectivity index (χ1v) is 9.81. The van der Waals surface area contributed by atoms with Gasteiger partial charge in [0, 0.05) is 12.2 Å². The molecule has 0 saturated carbocycles. The third-order valence-corrected chi connectivity index (χ3v) is 3.89. The molecule has 0 atom stereocenters. The van der Waals surface area contributed by atoms with E-state index in [4.69, 9.17) is 21.7 Å². The van der Waals surface area contributed by atoms with Gasteiger partial charge < -0.3 is 20.1 Å². The molecule has 2 rings (SSSR count). The molecule has 0 fully saturated rings. The van der Waals surface area contributed by atoms with Gasteiger partial charge in [0.2, 0.25) is 0 Å². The average Bonchev–Trinajstić information content (AvgIpc) is 2.66. The van der Waals surface area contributed by atoms with Gasteiger partial charge in [-0.25, -0.2) is 9.59 Å². The lowest BCUT2D eigenvalue weighted by Crippen LogP contribution is -2.28. The highest BCUT2D eigenvalue weighted by atomic mass is 32.1. The van der Waals surface area contributed by atoms with Crippen molar-refractivity contribution in [1.29, 1.82) is 0 Å². The highest BCUT2D eigenvalue weighted by Gasteiger charge is 2.17. The lowest BCUT2D eigenvalue weighted by Gasteiger charge is -2.15. The van der Waals surface area contributed by atoms with E-state index in [0.29, 0.717) is 17.3 Å². The van der Waals surface area contributed by atoms with E-state index >= 15 is 0 Å². The Morgan fingerprint density at radius 1 is 0.897 bits per heavy atom. The first-order chi connectivity index (χ1) is 13.7. The molecule has 0 aliphatic carbocycles. The van der Waals surface area contributed by atoms with Crippen molar-refractivity contribution in [3.8, 4) is 0 Å². The maximum Gasteiger partial charge on any atom is 0.338 e. The van der Waals surface area contributed by atoms with Crippen LogP contribution in [-0.4, -0.2) is 29.3 Å². The van der Waals surface area contributed by atoms with Crippen LogP contribution in [0.15, 0.2) is 48.5 Å². The smallest absolute Gasteiger partial charge is 0.338 e. The molecule has 0 amide bonds. The Balaban J connectivity index is 2.18. The van der Waals surface area contributed by atoms with Crippen LogP contribution in [0, 0.1) is 0 Å². The van der Waals surface area contributed by atoms with E-state index in [2.05, 4.69) is 10.6 Å². The molecule has 0 aliphatic rings. The van der Waals surface area contributed by atoms with E-state index < -0.39 is 11.9 Å². The maximum atomic E-state index is 12.4. The second kappa shape index (κ2) is 10.6. The van der Waals surface area contributed by atoms with Crippen molar-refractivity contribution < 1.29 is 19.1 Å². The molecule has 154 valence electrons. The number of hydrogen-bond acceptors (Lipinski definition) is 5. The van der Waals surface area contributed by atoms with Crippen LogP contribution in [0.1, 0.15) is 54.0 Å². The number of esters is 2. The Labute approximate surface area is 176 Å². The number of rotatable bonds is 7. The zero-order valence-electron chi connectivity index (χ0n) is 17.0. The summed E-state index contributed by atoms with van der Waals surface area (Å²) in [7, 11) is 0. The molecule has 0 unspecified atom stereocenters. The summed E-state index contributed by atoms with van der Waals surface area (Å²) in [5, 5.41) is 6.48. The first kappa shape index (κ1) is 22.4. The molecule has 2 aromatic rings. The van der Waals surface area contributed by atoms with Crippen LogP contribution < -0.4 is 10.6 Å². The fraction of sp³-hybridized carbons (Fsp3) is 0.318. The number of hydrogen-bond donors (Lipinski definition) is 2. The minimum atomic E-state index is -0.523. The summed E-state index contributed by atoms with van der Waals surface area (Å²) in [6.07, 6.45) is -0.558. The molecule has 2 N–H and O–H groups in total. The number of benzene rings is 2. The summed E-state index contributed by atoms with van der Waals surface area (Å²) in [6.45, 7) is 7.59. The van der Waals surface area contributed by atoms with Crippen molar-refractivity contribution >= 4 is 35.0 Å². The average molecular weight is 415 g/mol. The van der Waals surface area contributed by atoms with E-state index in [0.717, 1.165) is 5.56 Å². The van der Waals surface area contributed by atoms with Gasteiger partial charge in [-0.1, -0.05) is 30.3 Å². The minimum Gasteiger partial charge on any atom is -0.459 e. The Bertz CT molecular complexity index is 826. The van der Waals surface area contributed by atoms with E-state index in [9.17, 15) is 9.59 Å². The Morgan fingerprint density at radius 3 is 1.90 bits per heavy atom. The van der Waals surface area contributed by atoms with Gasteiger partial charge in [-0.05, 0) is 63.7 Å². The molecule has 29 heavy (non-hydrogen) atoms. The van der Waals surface area contributed by atoms with Crippen molar-refractivity contribution in [3.63, 3.8) is 0 Å². The molecule has 0 saturated heterocycles. The zero-order valence-corrected chi connectivity index (χ0v) is 17.8. The highest BCUT2D eigenvalue weighted by molar-refractivity contribution is 7.80. The molecular weight excluding hydrogens is 388 g/mol. The zero-order chi connectivity index (χ0) is 21.4. The van der Waals surface area contributed by atoms with Crippen molar-refractivity contribution in [2.45, 2.75) is 46.4 Å². The normalized spacial score (nSPS) is 10.6. The van der Waals surface area contributed by atoms with Gasteiger partial charge in [0.05, 0.1) is 23.3 Å². The number of ether oxygens (including phenoxy) is 2. The molecule has 0 heterocycles. The highest BCUT2D eigenvalue weighted by Crippen LogP contribution is 2.18. The third-order valence-electron chi connectivity index (χ3n) is 3.64. The summed E-state index contributed by atoms with van der Waals surface area (Å²) in [6, 6.07) is 14.4. The lowest BCUT2D eigenvalue weighted by atomic mass is 10.1. The summed E-state index contributed by atoms with van der Waals surface area (Å²) in [5.74, 6) is -1.05. The van der Waals surface area contributed by atoms with Crippen LogP contribution in [0.3, 0.4) is 0 Å². The topological polar surface area (TPSA) is 76.7 Å². The summed E-state index contributed by atoms with van der Waals surface area (Å²) >= 11 is 5.34. The van der Waals surface area contributed by atoms with Gasteiger partial charge in [0.25, 0.3) is 0 Å². The number of anilines is 1. The van der Waals surface area contributed by atoms with Crippen LogP contribution in [0.2, 0.25) is 0 Å². The van der Waals surface area contributed by atoms with E-state index in [1.165, 1.54) is 6.07 Å². The van der Waals surface area contributed by atoms with Crippen molar-refractivity contribution in [1.82, 2.24) is 5.32 Å². The molecule has 7 heteroatoms. The third kappa shape index (κ3) is 7.54. The molecule has 6 nitrogen and oxygen atoms in total. The van der Waals surface area contributed by atoms with Gasteiger partial charge >= 0.3 is 11.9 Å². The lowest BCUT2D eigenvalue weighted by molar-refractivity contribution is 0.0377. The van der Waals surface area contributed by atoms with Crippen LogP contribution in [-0.2, 0) is 16.0 Å². The second-order valence-corrected chi connectivity index (χ2v) is 7.41. The first-order valence-electron chi connectivity index (χ1n) is 9.40. The van der Waals surface area contributed by atoms with E-state index in [1.807, 2.05) is 30.3 Å². The molecular formula is C22H26N2O4S. The Kier molecular flexibility index (Phi) is 8.15. The maximum absolute atomic E-state index is 12.4. The van der Waals surface area contributed by atoms with Crippen LogP contribution in [0.25, 0.3) is 0 Å². The SMILES string of the molecule is CC(C)OC(=O)c1cc(NC(=S)NCc2ccccc2)cc(C(=O)OC(C)C)c1. The van der Waals surface area contributed by atoms with Gasteiger partial charge in [-0.3, -0.25) is 0 Å². The van der Waals surface area contributed by atoms with Crippen LogP contribution >= 0.6 is 12.2 Å². The second-order valence-electron chi connectivity index (χ2n) is 7.00. The quantitative estimate of drug-likeness (QED) is 0.517. The van der Waals surface area contributed by atoms with E-state index in [-0.39, 0.29) is 23.3 Å². The molecule has 2 aromatic carbocycles. The Morgan fingerprint density at radius 2 is 1.41 bits per heavy atom. The molecule has 0 spiro atoms. The molecule has 0 aromatic heterocycles. The summed E-state index contributed by atoms with van der Waals surface area (Å²) in [5.41, 5.74) is 2.05. The Hall–Kier alpha value is -2.93. The number of carbonyl (C=O) groups excluding carboxylic acids is 2. The van der Waals surface area contributed by atoms with Gasteiger partial charge in [0.1, 0.15) is 0 Å². The number of nitrogens with one attached hydrogen (secondary N) is 2. The number of carbonyl (C=O) groups is 2. The van der Waals surface area contributed by atoms with Crippen molar-refractivity contribution in [2.24, 2.45) is 0 Å². The van der Waals surface area contributed by atoms with Crippen molar-refractivity contribution in [3.05, 3.63) is 65.2 Å². The van der Waals surface area contributed by atoms with Gasteiger partial charge in [-0.15, -0.1) is 0 Å². The fourth-order valence-corrected chi connectivity index (χ4v) is 2.64. The summed E-state index contributed by atoms with van der Waals surface area (Å²) < 4.78 is 10.5. The number of thiocarbonyl (C=S) groups is 1. The largest absolute Gasteiger partial charge is 0.459 e.